The van der Waals surface area contributed by atoms with Crippen molar-refractivity contribution in [1.82, 2.24) is 9.88 Å². The Morgan fingerprint density at radius 1 is 0.815 bits per heavy atom. The Balaban J connectivity index is 1.42. The van der Waals surface area contributed by atoms with Crippen LogP contribution in [0.1, 0.15) is 0 Å². The maximum absolute atomic E-state index is 5.70. The molecule has 0 radical (unpaired) electrons. The summed E-state index contributed by atoms with van der Waals surface area (Å²) in [7, 11) is 0. The molecule has 136 valence electrons. The van der Waals surface area contributed by atoms with Gasteiger partial charge in [-0.3, -0.25) is 0 Å². The fraction of sp³-hybridized carbons (Fsp3) is 0.182. The molecule has 27 heavy (non-hydrogen) atoms. The molecule has 1 saturated heterocycles. The number of thiocarbonyl (C=S) groups is 1. The lowest BCUT2D eigenvalue weighted by molar-refractivity contribution is 0.389. The van der Waals surface area contributed by atoms with Crippen LogP contribution in [0.3, 0.4) is 0 Å². The Kier molecular flexibility index (Phi) is 5.30. The van der Waals surface area contributed by atoms with E-state index in [0.717, 1.165) is 48.4 Å². The van der Waals surface area contributed by atoms with Gasteiger partial charge in [0.25, 0.3) is 0 Å². The van der Waals surface area contributed by atoms with E-state index >= 15 is 0 Å². The van der Waals surface area contributed by atoms with Gasteiger partial charge in [0, 0.05) is 43.6 Å². The lowest BCUT2D eigenvalue weighted by Gasteiger charge is -2.37. The Morgan fingerprint density at radius 3 is 2.26 bits per heavy atom. The van der Waals surface area contributed by atoms with Crippen LogP contribution in [-0.2, 0) is 0 Å². The van der Waals surface area contributed by atoms with Gasteiger partial charge in [0.05, 0.1) is 0 Å². The summed E-state index contributed by atoms with van der Waals surface area (Å²) in [5, 5.41) is 4.23. The Bertz CT molecular complexity index is 890. The number of rotatable bonds is 3. The van der Waals surface area contributed by atoms with E-state index in [9.17, 15) is 0 Å². The molecular weight excluding hydrogens is 352 g/mol. The highest BCUT2D eigenvalue weighted by atomic mass is 32.1. The molecule has 0 bridgehead atoms. The first kappa shape index (κ1) is 17.5. The fourth-order valence-corrected chi connectivity index (χ4v) is 3.63. The van der Waals surface area contributed by atoms with Crippen LogP contribution in [0.15, 0.2) is 79.0 Å². The molecule has 0 amide bonds. The summed E-state index contributed by atoms with van der Waals surface area (Å²) in [6.45, 7) is 3.60. The van der Waals surface area contributed by atoms with Crippen molar-refractivity contribution in [1.29, 1.82) is 0 Å². The minimum atomic E-state index is 0.777. The molecule has 1 N–H and O–H groups in total. The summed E-state index contributed by atoms with van der Waals surface area (Å²) >= 11 is 5.70. The van der Waals surface area contributed by atoms with Crippen molar-refractivity contribution in [2.24, 2.45) is 0 Å². The van der Waals surface area contributed by atoms with Crippen LogP contribution in [0.2, 0.25) is 0 Å². The number of hydrogen-bond acceptors (Lipinski definition) is 3. The summed E-state index contributed by atoms with van der Waals surface area (Å²) < 4.78 is 0. The minimum Gasteiger partial charge on any atom is -0.353 e. The second kappa shape index (κ2) is 8.18. The van der Waals surface area contributed by atoms with Crippen LogP contribution >= 0.6 is 12.2 Å². The molecule has 1 fully saturated rings. The third-order valence-corrected chi connectivity index (χ3v) is 5.15. The average Bonchev–Trinajstić information content (AvgIpc) is 2.75. The van der Waals surface area contributed by atoms with Crippen molar-refractivity contribution >= 4 is 28.8 Å². The number of nitrogens with zero attached hydrogens (tertiary/aromatic N) is 3. The third kappa shape index (κ3) is 4.09. The molecule has 2 heterocycles. The van der Waals surface area contributed by atoms with Gasteiger partial charge in [-0.05, 0) is 36.0 Å². The van der Waals surface area contributed by atoms with E-state index in [0.29, 0.717) is 0 Å². The Morgan fingerprint density at radius 2 is 1.52 bits per heavy atom. The van der Waals surface area contributed by atoms with Gasteiger partial charge in [-0.15, -0.1) is 0 Å². The summed E-state index contributed by atoms with van der Waals surface area (Å²) in [4.78, 5) is 8.98. The number of anilines is 2. The molecular formula is C22H22N4S. The maximum Gasteiger partial charge on any atom is 0.173 e. The molecule has 5 heteroatoms. The molecule has 3 aromatic rings. The fourth-order valence-electron chi connectivity index (χ4n) is 3.34. The topological polar surface area (TPSA) is 31.4 Å². The highest BCUT2D eigenvalue weighted by Gasteiger charge is 2.20. The smallest absolute Gasteiger partial charge is 0.173 e. The molecule has 0 spiro atoms. The van der Waals surface area contributed by atoms with Crippen LogP contribution in [0.25, 0.3) is 11.1 Å². The number of para-hydroxylation sites is 1. The number of nitrogens with one attached hydrogen (secondary N) is 1. The monoisotopic (exact) mass is 374 g/mol. The number of aromatic nitrogens is 1. The molecule has 1 aliphatic heterocycles. The minimum absolute atomic E-state index is 0.777. The maximum atomic E-state index is 5.70. The van der Waals surface area contributed by atoms with Crippen molar-refractivity contribution < 1.29 is 0 Å². The Labute approximate surface area is 165 Å². The second-order valence-corrected chi connectivity index (χ2v) is 6.89. The van der Waals surface area contributed by atoms with Crippen molar-refractivity contribution in [3.05, 3.63) is 79.0 Å². The zero-order valence-corrected chi connectivity index (χ0v) is 15.9. The van der Waals surface area contributed by atoms with Crippen LogP contribution < -0.4 is 10.2 Å². The van der Waals surface area contributed by atoms with Gasteiger partial charge in [0.1, 0.15) is 5.82 Å². The lowest BCUT2D eigenvalue weighted by Crippen LogP contribution is -2.50. The predicted octanol–water partition coefficient (Wildman–Crippen LogP) is 4.27. The summed E-state index contributed by atoms with van der Waals surface area (Å²) in [5.74, 6) is 1.03. The van der Waals surface area contributed by atoms with E-state index in [1.807, 2.05) is 30.5 Å². The van der Waals surface area contributed by atoms with E-state index < -0.39 is 0 Å². The largest absolute Gasteiger partial charge is 0.353 e. The van der Waals surface area contributed by atoms with Crippen LogP contribution in [0, 0.1) is 0 Å². The van der Waals surface area contributed by atoms with Gasteiger partial charge >= 0.3 is 0 Å². The Hall–Kier alpha value is -2.92. The van der Waals surface area contributed by atoms with Crippen LogP contribution in [-0.4, -0.2) is 41.2 Å². The molecule has 4 rings (SSSR count). The summed E-state index contributed by atoms with van der Waals surface area (Å²) in [6, 6.07) is 24.7. The van der Waals surface area contributed by atoms with Gasteiger partial charge < -0.3 is 15.1 Å². The van der Waals surface area contributed by atoms with Crippen molar-refractivity contribution in [3.8, 4) is 11.1 Å². The van der Waals surface area contributed by atoms with Gasteiger partial charge in [0.2, 0.25) is 0 Å². The number of benzene rings is 2. The number of hydrogen-bond donors (Lipinski definition) is 1. The van der Waals surface area contributed by atoms with Crippen molar-refractivity contribution in [2.45, 2.75) is 0 Å². The van der Waals surface area contributed by atoms with E-state index in [4.69, 9.17) is 12.2 Å². The summed E-state index contributed by atoms with van der Waals surface area (Å²) in [6.07, 6.45) is 1.84. The third-order valence-electron chi connectivity index (χ3n) is 4.79. The van der Waals surface area contributed by atoms with Gasteiger partial charge in [-0.25, -0.2) is 4.98 Å². The quantitative estimate of drug-likeness (QED) is 0.692. The van der Waals surface area contributed by atoms with E-state index in [-0.39, 0.29) is 0 Å². The first-order valence-electron chi connectivity index (χ1n) is 9.17. The number of pyridine rings is 1. The average molecular weight is 375 g/mol. The van der Waals surface area contributed by atoms with Gasteiger partial charge in [0.15, 0.2) is 5.11 Å². The second-order valence-electron chi connectivity index (χ2n) is 6.50. The van der Waals surface area contributed by atoms with Crippen molar-refractivity contribution in [3.63, 3.8) is 0 Å². The molecule has 0 aliphatic carbocycles. The van der Waals surface area contributed by atoms with Crippen molar-refractivity contribution in [2.75, 3.05) is 36.4 Å². The zero-order valence-electron chi connectivity index (χ0n) is 15.1. The lowest BCUT2D eigenvalue weighted by atomic mass is 10.0. The normalized spacial score (nSPS) is 14.1. The molecule has 1 aromatic heterocycles. The first-order chi connectivity index (χ1) is 13.3. The molecule has 1 aliphatic rings. The van der Waals surface area contributed by atoms with Gasteiger partial charge in [-0.1, -0.05) is 54.6 Å². The van der Waals surface area contributed by atoms with Crippen LogP contribution in [0.5, 0.6) is 0 Å². The number of piperazine rings is 1. The molecule has 4 nitrogen and oxygen atoms in total. The van der Waals surface area contributed by atoms with E-state index in [1.165, 1.54) is 5.56 Å². The molecule has 0 atom stereocenters. The predicted molar refractivity (Wildman–Crippen MR) is 116 cm³/mol. The standard InChI is InChI=1S/C22H22N4S/c27-22(26-16-14-25(15-17-26)21-12-6-7-13-23-21)24-20-11-5-4-10-19(20)18-8-2-1-3-9-18/h1-13H,14-17H2,(H,24,27). The summed E-state index contributed by atoms with van der Waals surface area (Å²) in [5.41, 5.74) is 3.39. The SMILES string of the molecule is S=C(Nc1ccccc1-c1ccccc1)N1CCN(c2ccccn2)CC1. The molecule has 0 saturated carbocycles. The molecule has 0 unspecified atom stereocenters. The highest BCUT2D eigenvalue weighted by molar-refractivity contribution is 7.80. The zero-order chi connectivity index (χ0) is 18.5. The van der Waals surface area contributed by atoms with Crippen LogP contribution in [0.4, 0.5) is 11.5 Å². The van der Waals surface area contributed by atoms with Gasteiger partial charge in [-0.2, -0.15) is 0 Å². The molecule has 2 aromatic carbocycles. The first-order valence-corrected chi connectivity index (χ1v) is 9.58. The van der Waals surface area contributed by atoms with E-state index in [1.54, 1.807) is 0 Å². The van der Waals surface area contributed by atoms with E-state index in [2.05, 4.69) is 68.6 Å². The highest BCUT2D eigenvalue weighted by Crippen LogP contribution is 2.28.